The zero-order chi connectivity index (χ0) is 10.8. The fourth-order valence-electron chi connectivity index (χ4n) is 1.42. The Morgan fingerprint density at radius 2 is 2.47 bits per heavy atom. The normalized spacial score (nSPS) is 25.4. The van der Waals surface area contributed by atoms with Crippen LogP contribution in [0, 0.1) is 6.92 Å². The van der Waals surface area contributed by atoms with E-state index in [2.05, 4.69) is 10.3 Å². The molecule has 2 atom stereocenters. The number of hydrogen-bond acceptors (Lipinski definition) is 4. The van der Waals surface area contributed by atoms with Gasteiger partial charge in [0.2, 0.25) is 0 Å². The Morgan fingerprint density at radius 1 is 1.67 bits per heavy atom. The molecule has 0 radical (unpaired) electrons. The van der Waals surface area contributed by atoms with E-state index in [1.54, 1.807) is 18.0 Å². The molecule has 0 saturated carbocycles. The van der Waals surface area contributed by atoms with E-state index in [0.717, 1.165) is 11.3 Å². The molecule has 80 valence electrons. The Labute approximate surface area is 92.1 Å². The summed E-state index contributed by atoms with van der Waals surface area (Å²) in [4.78, 5) is 15.0. The first kappa shape index (κ1) is 10.4. The molecular formula is C10H12N2O2S. The molecule has 1 aromatic rings. The number of aromatic nitrogens is 1. The summed E-state index contributed by atoms with van der Waals surface area (Å²) in [6.07, 6.45) is 1.80. The third-order valence-corrected chi connectivity index (χ3v) is 3.52. The Bertz CT molecular complexity index is 366. The van der Waals surface area contributed by atoms with Crippen LogP contribution in [0.5, 0.6) is 0 Å². The van der Waals surface area contributed by atoms with E-state index in [0.29, 0.717) is 5.75 Å². The largest absolute Gasteiger partial charge is 0.480 e. The van der Waals surface area contributed by atoms with Gasteiger partial charge in [-0.25, -0.2) is 0 Å². The topological polar surface area (TPSA) is 62.2 Å². The summed E-state index contributed by atoms with van der Waals surface area (Å²) >= 11 is 1.58. The van der Waals surface area contributed by atoms with Crippen LogP contribution in [0.15, 0.2) is 18.3 Å². The molecular weight excluding hydrogens is 212 g/mol. The molecule has 1 aliphatic rings. The summed E-state index contributed by atoms with van der Waals surface area (Å²) in [5.41, 5.74) is 2.01. The molecule has 0 spiro atoms. The van der Waals surface area contributed by atoms with E-state index >= 15 is 0 Å². The predicted molar refractivity (Wildman–Crippen MR) is 58.7 cm³/mol. The SMILES string of the molecule is Cc1ccc(C2NC(C(=O)O)CS2)nc1. The number of rotatable bonds is 2. The van der Waals surface area contributed by atoms with Crippen molar-refractivity contribution in [1.82, 2.24) is 10.3 Å². The number of thioether (sulfide) groups is 1. The molecule has 0 aliphatic carbocycles. The highest BCUT2D eigenvalue weighted by Crippen LogP contribution is 2.31. The van der Waals surface area contributed by atoms with E-state index in [9.17, 15) is 4.79 Å². The number of carboxylic acid groups (broad SMARTS) is 1. The average molecular weight is 224 g/mol. The number of aryl methyl sites for hydroxylation is 1. The second-order valence-electron chi connectivity index (χ2n) is 3.53. The van der Waals surface area contributed by atoms with Crippen LogP contribution < -0.4 is 5.32 Å². The lowest BCUT2D eigenvalue weighted by Gasteiger charge is -2.10. The van der Waals surface area contributed by atoms with E-state index < -0.39 is 12.0 Å². The lowest BCUT2D eigenvalue weighted by molar-refractivity contribution is -0.138. The average Bonchev–Trinajstić information content (AvgIpc) is 2.68. The molecule has 0 amide bonds. The van der Waals surface area contributed by atoms with Gasteiger partial charge in [0.05, 0.1) is 11.1 Å². The minimum Gasteiger partial charge on any atom is -0.480 e. The van der Waals surface area contributed by atoms with E-state index in [-0.39, 0.29) is 5.37 Å². The van der Waals surface area contributed by atoms with Crippen LogP contribution in [0.1, 0.15) is 16.6 Å². The first-order valence-corrected chi connectivity index (χ1v) is 5.74. The molecule has 1 aromatic heterocycles. The molecule has 2 heterocycles. The molecule has 15 heavy (non-hydrogen) atoms. The highest BCUT2D eigenvalue weighted by atomic mass is 32.2. The van der Waals surface area contributed by atoms with Crippen molar-refractivity contribution >= 4 is 17.7 Å². The number of aliphatic carboxylic acids is 1. The molecule has 1 saturated heterocycles. The van der Waals surface area contributed by atoms with Gasteiger partial charge < -0.3 is 5.11 Å². The molecule has 5 heteroatoms. The quantitative estimate of drug-likeness (QED) is 0.789. The minimum absolute atomic E-state index is 0.00620. The van der Waals surface area contributed by atoms with Gasteiger partial charge in [-0.2, -0.15) is 0 Å². The van der Waals surface area contributed by atoms with Gasteiger partial charge in [0, 0.05) is 11.9 Å². The van der Waals surface area contributed by atoms with Gasteiger partial charge >= 0.3 is 5.97 Å². The van der Waals surface area contributed by atoms with Crippen molar-refractivity contribution in [3.8, 4) is 0 Å². The van der Waals surface area contributed by atoms with Gasteiger partial charge in [0.25, 0.3) is 0 Å². The van der Waals surface area contributed by atoms with E-state index in [1.165, 1.54) is 0 Å². The first-order valence-electron chi connectivity index (χ1n) is 4.70. The van der Waals surface area contributed by atoms with Crippen LogP contribution in [0.4, 0.5) is 0 Å². The van der Waals surface area contributed by atoms with Gasteiger partial charge in [-0.3, -0.25) is 15.1 Å². The highest BCUT2D eigenvalue weighted by Gasteiger charge is 2.30. The maximum absolute atomic E-state index is 10.7. The Kier molecular flexibility index (Phi) is 2.93. The maximum Gasteiger partial charge on any atom is 0.321 e. The van der Waals surface area contributed by atoms with Gasteiger partial charge in [0.1, 0.15) is 6.04 Å². The Balaban J connectivity index is 2.07. The van der Waals surface area contributed by atoms with Crippen molar-refractivity contribution in [2.24, 2.45) is 0 Å². The van der Waals surface area contributed by atoms with Crippen molar-refractivity contribution in [3.05, 3.63) is 29.6 Å². The second kappa shape index (κ2) is 4.20. The van der Waals surface area contributed by atoms with Crippen LogP contribution in [-0.2, 0) is 4.79 Å². The van der Waals surface area contributed by atoms with Crippen LogP contribution in [0.25, 0.3) is 0 Å². The molecule has 1 fully saturated rings. The van der Waals surface area contributed by atoms with Gasteiger partial charge in [-0.05, 0) is 18.6 Å². The number of hydrogen-bond donors (Lipinski definition) is 2. The van der Waals surface area contributed by atoms with Crippen molar-refractivity contribution in [2.45, 2.75) is 18.3 Å². The van der Waals surface area contributed by atoms with Gasteiger partial charge in [-0.1, -0.05) is 6.07 Å². The lowest BCUT2D eigenvalue weighted by Crippen LogP contribution is -2.33. The van der Waals surface area contributed by atoms with Crippen LogP contribution in [0.2, 0.25) is 0 Å². The lowest BCUT2D eigenvalue weighted by atomic mass is 10.2. The molecule has 2 N–H and O–H groups in total. The summed E-state index contributed by atoms with van der Waals surface area (Å²) in [5, 5.41) is 11.9. The van der Waals surface area contributed by atoms with Crippen LogP contribution in [-0.4, -0.2) is 27.9 Å². The summed E-state index contributed by atoms with van der Waals surface area (Å²) in [5.74, 6) is -0.202. The standard InChI is InChI=1S/C10H12N2O2S/c1-6-2-3-7(11-4-6)9-12-8(5-15-9)10(13)14/h2-4,8-9,12H,5H2,1H3,(H,13,14). The Hall–Kier alpha value is -1.07. The number of carboxylic acids is 1. The Morgan fingerprint density at radius 3 is 3.00 bits per heavy atom. The number of pyridine rings is 1. The van der Waals surface area contributed by atoms with Crippen molar-refractivity contribution < 1.29 is 9.90 Å². The number of nitrogens with one attached hydrogen (secondary N) is 1. The molecule has 2 unspecified atom stereocenters. The summed E-state index contributed by atoms with van der Waals surface area (Å²) in [7, 11) is 0. The summed E-state index contributed by atoms with van der Waals surface area (Å²) in [6.45, 7) is 1.98. The van der Waals surface area contributed by atoms with E-state index in [1.807, 2.05) is 19.1 Å². The van der Waals surface area contributed by atoms with Crippen LogP contribution >= 0.6 is 11.8 Å². The van der Waals surface area contributed by atoms with Gasteiger partial charge in [-0.15, -0.1) is 11.8 Å². The second-order valence-corrected chi connectivity index (χ2v) is 4.67. The summed E-state index contributed by atoms with van der Waals surface area (Å²) in [6, 6.07) is 3.46. The fraction of sp³-hybridized carbons (Fsp3) is 0.400. The molecule has 0 aromatic carbocycles. The smallest absolute Gasteiger partial charge is 0.321 e. The third-order valence-electron chi connectivity index (χ3n) is 2.28. The molecule has 0 bridgehead atoms. The minimum atomic E-state index is -0.794. The van der Waals surface area contributed by atoms with Crippen LogP contribution in [0.3, 0.4) is 0 Å². The molecule has 2 rings (SSSR count). The van der Waals surface area contributed by atoms with Crippen molar-refractivity contribution in [3.63, 3.8) is 0 Å². The zero-order valence-corrected chi connectivity index (χ0v) is 9.12. The third kappa shape index (κ3) is 2.30. The van der Waals surface area contributed by atoms with Crippen molar-refractivity contribution in [1.29, 1.82) is 0 Å². The predicted octanol–water partition coefficient (Wildman–Crippen LogP) is 1.18. The maximum atomic E-state index is 10.7. The number of carbonyl (C=O) groups is 1. The zero-order valence-electron chi connectivity index (χ0n) is 8.30. The van der Waals surface area contributed by atoms with E-state index in [4.69, 9.17) is 5.11 Å². The molecule has 4 nitrogen and oxygen atoms in total. The monoisotopic (exact) mass is 224 g/mol. The first-order chi connectivity index (χ1) is 7.16. The van der Waals surface area contributed by atoms with Crippen molar-refractivity contribution in [2.75, 3.05) is 5.75 Å². The summed E-state index contributed by atoms with van der Waals surface area (Å²) < 4.78 is 0. The fourth-order valence-corrected chi connectivity index (χ4v) is 2.61. The number of nitrogens with zero attached hydrogens (tertiary/aromatic N) is 1. The highest BCUT2D eigenvalue weighted by molar-refractivity contribution is 7.99. The molecule has 1 aliphatic heterocycles. The van der Waals surface area contributed by atoms with Gasteiger partial charge in [0.15, 0.2) is 0 Å².